The van der Waals surface area contributed by atoms with Gasteiger partial charge in [0.25, 0.3) is 30.4 Å². The van der Waals surface area contributed by atoms with E-state index in [9.17, 15) is 60.9 Å². The van der Waals surface area contributed by atoms with Crippen LogP contribution in [0.15, 0.2) is 109 Å². The monoisotopic (exact) mass is 945 g/mol. The quantitative estimate of drug-likeness (QED) is 0.0571. The first-order chi connectivity index (χ1) is 27.8. The Morgan fingerprint density at radius 3 is 1.87 bits per heavy atom. The molecule has 23 nitrogen and oxygen atoms in total. The highest BCUT2D eigenvalue weighted by Gasteiger charge is 2.27. The second-order valence-corrected chi connectivity index (χ2v) is 19.7. The van der Waals surface area contributed by atoms with Crippen LogP contribution in [0.3, 0.4) is 0 Å². The van der Waals surface area contributed by atoms with Crippen LogP contribution in [0.25, 0.3) is 21.5 Å². The highest BCUT2D eigenvalue weighted by Crippen LogP contribution is 2.46. The van der Waals surface area contributed by atoms with Crippen LogP contribution in [-0.2, 0) is 54.8 Å². The average Bonchev–Trinajstić information content (AvgIpc) is 3.12. The third kappa shape index (κ3) is 10.1. The molecule has 1 heterocycles. The van der Waals surface area contributed by atoms with Crippen LogP contribution < -0.4 is 10.6 Å². The number of hydrogen-bond acceptors (Lipinski definition) is 19. The minimum atomic E-state index is -5.36. The largest absolute Gasteiger partial charge is 0.505 e. The Balaban J connectivity index is 1.44. The summed E-state index contributed by atoms with van der Waals surface area (Å²) < 4.78 is 164. The zero-order valence-corrected chi connectivity index (χ0v) is 34.1. The number of rotatable bonds is 14. The highest BCUT2D eigenvalue weighted by atomic mass is 35.5. The number of phenols is 1. The van der Waals surface area contributed by atoms with Crippen molar-refractivity contribution in [2.24, 2.45) is 10.2 Å². The molecule has 0 saturated heterocycles. The molecule has 0 saturated carbocycles. The van der Waals surface area contributed by atoms with Gasteiger partial charge in [0.15, 0.2) is 15.6 Å². The maximum Gasteiger partial charge on any atom is 0.397 e. The van der Waals surface area contributed by atoms with Crippen molar-refractivity contribution in [3.05, 3.63) is 84.1 Å². The summed E-state index contributed by atoms with van der Waals surface area (Å²) in [6.07, 6.45) is 0. The van der Waals surface area contributed by atoms with Crippen LogP contribution in [0.5, 0.6) is 5.75 Å². The maximum absolute atomic E-state index is 12.6. The number of benzene rings is 5. The third-order valence-electron chi connectivity index (χ3n) is 8.00. The Labute approximate surface area is 343 Å². The molecule has 6 rings (SSSR count). The van der Waals surface area contributed by atoms with E-state index < -0.39 is 122 Å². The lowest BCUT2D eigenvalue weighted by atomic mass is 10.1. The zero-order valence-electron chi connectivity index (χ0n) is 29.3. The van der Waals surface area contributed by atoms with Gasteiger partial charge in [-0.2, -0.15) is 48.6 Å². The lowest BCUT2D eigenvalue weighted by Gasteiger charge is -2.15. The van der Waals surface area contributed by atoms with Gasteiger partial charge in [0.05, 0.1) is 27.8 Å². The first-order valence-corrected chi connectivity index (χ1v) is 23.6. The van der Waals surface area contributed by atoms with Crippen LogP contribution >= 0.6 is 11.6 Å². The Bertz CT molecular complexity index is 3340. The molecule has 0 aliphatic carbocycles. The maximum atomic E-state index is 12.6. The van der Waals surface area contributed by atoms with Crippen molar-refractivity contribution in [3.63, 3.8) is 0 Å². The summed E-state index contributed by atoms with van der Waals surface area (Å²) in [5, 5.41) is 23.6. The summed E-state index contributed by atoms with van der Waals surface area (Å²) in [6.45, 7) is -0.864. The molecule has 0 spiro atoms. The molecule has 0 fully saturated rings. The number of nitrogens with one attached hydrogen (secondary N) is 2. The second-order valence-electron chi connectivity index (χ2n) is 12.0. The number of nitrogens with zero attached hydrogens (tertiary/aromatic N) is 5. The van der Waals surface area contributed by atoms with Gasteiger partial charge >= 0.3 is 10.4 Å². The van der Waals surface area contributed by atoms with Gasteiger partial charge in [-0.1, -0.05) is 30.3 Å². The predicted molar refractivity (Wildman–Crippen MR) is 211 cm³/mol. The van der Waals surface area contributed by atoms with Gasteiger partial charge in [-0.25, -0.2) is 12.6 Å². The summed E-state index contributed by atoms with van der Waals surface area (Å²) in [5.74, 6) is -2.72. The molecule has 0 amide bonds. The van der Waals surface area contributed by atoms with Crippen molar-refractivity contribution < 1.29 is 69.6 Å². The van der Waals surface area contributed by atoms with E-state index >= 15 is 0 Å². The van der Waals surface area contributed by atoms with Crippen molar-refractivity contribution >= 4 is 118 Å². The van der Waals surface area contributed by atoms with Gasteiger partial charge in [0.1, 0.15) is 21.2 Å². The zero-order chi connectivity index (χ0) is 44.0. The molecule has 0 atom stereocenters. The lowest BCUT2D eigenvalue weighted by Crippen LogP contribution is -2.15. The van der Waals surface area contributed by atoms with Gasteiger partial charge in [0.2, 0.25) is 17.2 Å². The smallest absolute Gasteiger partial charge is 0.397 e. The van der Waals surface area contributed by atoms with Gasteiger partial charge in [-0.15, -0.1) is 10.2 Å². The number of fused-ring (bicyclic) bond motifs is 2. The second kappa shape index (κ2) is 16.2. The minimum absolute atomic E-state index is 0.103. The van der Waals surface area contributed by atoms with Crippen molar-refractivity contribution in [3.8, 4) is 5.75 Å². The number of anilines is 4. The molecule has 6 aromatic rings. The number of aromatic nitrogens is 3. The standard InChI is InChI=1S/C31H24ClN7O16S5/c32-29-35-30(33-18-6-8-19(9-7-18)56(41,42)12-11-55-60(52,53)54)37-31(36-29)34-22-15-20(57(43,44)45)13-17-14-24(59(49,50)51)27(28(40)25(17)22)39-38-26-21-4-2-1-3-16(21)5-10-23(26)58(46,47)48/h1-10,13-15,40H,11-12H2,(H,43,44,45)(H,46,47,48)(H,49,50,51)(H,52,53,54)(H2,33,34,35,36,37). The Kier molecular flexibility index (Phi) is 11.9. The molecule has 1 aromatic heterocycles. The Morgan fingerprint density at radius 2 is 1.25 bits per heavy atom. The fourth-order valence-electron chi connectivity index (χ4n) is 5.47. The Morgan fingerprint density at radius 1 is 0.633 bits per heavy atom. The Hall–Kier alpha value is -5.53. The van der Waals surface area contributed by atoms with Crippen LogP contribution in [0.2, 0.25) is 5.28 Å². The summed E-state index contributed by atoms with van der Waals surface area (Å²) >= 11 is 6.12. The molecule has 0 aliphatic rings. The molecule has 60 heavy (non-hydrogen) atoms. The van der Waals surface area contributed by atoms with Gasteiger partial charge < -0.3 is 15.7 Å². The van der Waals surface area contributed by atoms with Crippen molar-refractivity contribution in [2.45, 2.75) is 19.6 Å². The number of azo groups is 1. The molecule has 0 aliphatic heterocycles. The van der Waals surface area contributed by atoms with Crippen LogP contribution in [0, 0.1) is 0 Å². The number of sulfone groups is 1. The van der Waals surface area contributed by atoms with Gasteiger partial charge in [-0.3, -0.25) is 18.2 Å². The number of halogens is 1. The van der Waals surface area contributed by atoms with E-state index in [4.69, 9.17) is 16.2 Å². The number of phenolic OH excluding ortho intramolecular Hbond substituents is 1. The molecular formula is C31H24ClN7O16S5. The SMILES string of the molecule is O=S(=O)(O)OCCS(=O)(=O)c1ccc(Nc2nc(Cl)nc(Nc3cc(S(=O)(=O)O)cc4cc(S(=O)(=O)O)c(N=Nc5c(S(=O)(=O)O)ccc6ccccc56)c(O)c34)n2)cc1. The van der Waals surface area contributed by atoms with E-state index in [1.807, 2.05) is 0 Å². The normalized spacial score (nSPS) is 12.9. The molecule has 316 valence electrons. The summed E-state index contributed by atoms with van der Waals surface area (Å²) in [4.78, 5) is 8.84. The highest BCUT2D eigenvalue weighted by molar-refractivity contribution is 7.91. The van der Waals surface area contributed by atoms with E-state index in [0.717, 1.165) is 30.3 Å². The summed E-state index contributed by atoms with van der Waals surface area (Å²) in [5.41, 5.74) is -1.82. The molecule has 0 bridgehead atoms. The molecule has 7 N–H and O–H groups in total. The fourth-order valence-corrected chi connectivity index (χ4v) is 8.96. The topological polar surface area (TPSA) is 369 Å². The van der Waals surface area contributed by atoms with E-state index in [1.54, 1.807) is 12.1 Å². The molecular weight excluding hydrogens is 922 g/mol. The summed E-state index contributed by atoms with van der Waals surface area (Å²) in [7, 11) is -24.4. The minimum Gasteiger partial charge on any atom is -0.505 e. The van der Waals surface area contributed by atoms with Crippen molar-refractivity contribution in [1.82, 2.24) is 15.0 Å². The molecule has 29 heteroatoms. The van der Waals surface area contributed by atoms with Crippen LogP contribution in [0.1, 0.15) is 0 Å². The molecule has 0 radical (unpaired) electrons. The van der Waals surface area contributed by atoms with Crippen molar-refractivity contribution in [2.75, 3.05) is 23.0 Å². The predicted octanol–water partition coefficient (Wildman–Crippen LogP) is 4.77. The first kappa shape index (κ1) is 44.0. The van der Waals surface area contributed by atoms with Gasteiger partial charge in [-0.05, 0) is 70.9 Å². The van der Waals surface area contributed by atoms with Crippen LogP contribution in [0.4, 0.5) is 34.6 Å². The lowest BCUT2D eigenvalue weighted by molar-refractivity contribution is 0.284. The summed E-state index contributed by atoms with van der Waals surface area (Å²) in [6, 6.07) is 15.3. The first-order valence-electron chi connectivity index (χ1n) is 15.9. The van der Waals surface area contributed by atoms with E-state index in [0.29, 0.717) is 11.5 Å². The molecule has 5 aromatic carbocycles. The number of hydrogen-bond donors (Lipinski definition) is 7. The van der Waals surface area contributed by atoms with Gasteiger partial charge in [0, 0.05) is 16.5 Å². The van der Waals surface area contributed by atoms with Crippen LogP contribution in [-0.4, -0.2) is 92.7 Å². The van der Waals surface area contributed by atoms with Crippen molar-refractivity contribution in [1.29, 1.82) is 0 Å². The third-order valence-corrected chi connectivity index (χ3v) is 12.9. The van der Waals surface area contributed by atoms with E-state index in [1.165, 1.54) is 30.3 Å². The van der Waals surface area contributed by atoms with E-state index in [-0.39, 0.29) is 21.9 Å². The fraction of sp³-hybridized carbons (Fsp3) is 0.0645. The van der Waals surface area contributed by atoms with E-state index in [2.05, 4.69) is 40.0 Å². The average molecular weight is 946 g/mol. The number of aromatic hydroxyl groups is 1. The molecule has 0 unspecified atom stereocenters.